The van der Waals surface area contributed by atoms with Crippen LogP contribution in [0, 0.1) is 11.8 Å². The highest BCUT2D eigenvalue weighted by Crippen LogP contribution is 2.57. The van der Waals surface area contributed by atoms with E-state index in [-0.39, 0.29) is 21.7 Å². The summed E-state index contributed by atoms with van der Waals surface area (Å²) in [6.07, 6.45) is 24.4. The first kappa shape index (κ1) is 37.8. The second-order valence-electron chi connectivity index (χ2n) is 21.4. The van der Waals surface area contributed by atoms with Crippen LogP contribution in [0.5, 0.6) is 0 Å². The van der Waals surface area contributed by atoms with Gasteiger partial charge in [-0.15, -0.1) is 0 Å². The van der Waals surface area contributed by atoms with Crippen molar-refractivity contribution in [1.82, 2.24) is 0 Å². The molecule has 60 heavy (non-hydrogen) atoms. The van der Waals surface area contributed by atoms with Crippen molar-refractivity contribution in [2.24, 2.45) is 11.8 Å². The molecule has 0 nitrogen and oxygen atoms in total. The second-order valence-corrected chi connectivity index (χ2v) is 21.4. The molecule has 300 valence electrons. The predicted molar refractivity (Wildman–Crippen MR) is 255 cm³/mol. The molecule has 0 bridgehead atoms. The van der Waals surface area contributed by atoms with Gasteiger partial charge in [-0.25, -0.2) is 0 Å². The van der Waals surface area contributed by atoms with Gasteiger partial charge in [0.1, 0.15) is 0 Å². The van der Waals surface area contributed by atoms with Crippen molar-refractivity contribution in [3.8, 4) is 0 Å². The van der Waals surface area contributed by atoms with Gasteiger partial charge in [-0.2, -0.15) is 0 Å². The molecule has 0 saturated carbocycles. The monoisotopic (exact) mass is 780 g/mol. The summed E-state index contributed by atoms with van der Waals surface area (Å²) < 4.78 is 0. The van der Waals surface area contributed by atoms with Crippen molar-refractivity contribution in [2.75, 3.05) is 0 Å². The molecular weight excluding hydrogens is 721 g/mol. The van der Waals surface area contributed by atoms with Crippen LogP contribution in [0.3, 0.4) is 0 Å². The van der Waals surface area contributed by atoms with Gasteiger partial charge >= 0.3 is 0 Å². The molecule has 11 rings (SSSR count). The van der Waals surface area contributed by atoms with Crippen molar-refractivity contribution in [3.63, 3.8) is 0 Å². The zero-order chi connectivity index (χ0) is 41.5. The van der Waals surface area contributed by atoms with E-state index in [1.54, 1.807) is 5.57 Å². The largest absolute Gasteiger partial charge is 0.0912 e. The van der Waals surface area contributed by atoms with Gasteiger partial charge in [0.25, 0.3) is 0 Å². The van der Waals surface area contributed by atoms with Gasteiger partial charge in [0, 0.05) is 28.1 Å². The fraction of sp³-hybridized carbons (Fsp3) is 0.333. The molecule has 4 unspecified atom stereocenters. The van der Waals surface area contributed by atoms with Crippen LogP contribution in [-0.4, -0.2) is 0 Å². The highest BCUT2D eigenvalue weighted by molar-refractivity contribution is 5.92. The van der Waals surface area contributed by atoms with Crippen molar-refractivity contribution < 1.29 is 0 Å². The molecule has 4 aromatic rings. The Labute approximate surface area is 359 Å². The van der Waals surface area contributed by atoms with Crippen molar-refractivity contribution in [2.45, 2.75) is 115 Å². The molecule has 0 spiro atoms. The zero-order valence-corrected chi connectivity index (χ0v) is 37.0. The van der Waals surface area contributed by atoms with E-state index >= 15 is 0 Å². The van der Waals surface area contributed by atoms with E-state index in [0.717, 1.165) is 31.3 Å². The van der Waals surface area contributed by atoms with Crippen LogP contribution < -0.4 is 0 Å². The summed E-state index contributed by atoms with van der Waals surface area (Å²) in [7, 11) is 0. The molecule has 0 saturated heterocycles. The van der Waals surface area contributed by atoms with Crippen molar-refractivity contribution in [1.29, 1.82) is 0 Å². The van der Waals surface area contributed by atoms with E-state index in [1.807, 2.05) is 0 Å². The Morgan fingerprint density at radius 2 is 1.05 bits per heavy atom. The molecule has 0 radical (unpaired) electrons. The lowest BCUT2D eigenvalue weighted by Gasteiger charge is -2.38. The lowest BCUT2D eigenvalue weighted by atomic mass is 9.66. The first-order chi connectivity index (χ1) is 28.6. The average Bonchev–Trinajstić information content (AvgIpc) is 3.73. The highest BCUT2D eigenvalue weighted by atomic mass is 14.5. The van der Waals surface area contributed by atoms with Gasteiger partial charge in [-0.1, -0.05) is 201 Å². The van der Waals surface area contributed by atoms with Gasteiger partial charge in [0.2, 0.25) is 0 Å². The SMILES string of the molecule is C=C1/C=C\C(C2C=CC3=C(C2)C(C)(C)c2cc(C4C=C5C(=CC4)c4ccccc4C5(C)C)ccc23)CC(C)(C)c2cc(C3C=C4C(=CC3)c3ccccc3C4(C)C)ccc21. The molecule has 4 atom stereocenters. The van der Waals surface area contributed by atoms with E-state index in [0.29, 0.717) is 23.7 Å². The predicted octanol–water partition coefficient (Wildman–Crippen LogP) is 15.5. The summed E-state index contributed by atoms with van der Waals surface area (Å²) in [5.74, 6) is 1.63. The second kappa shape index (κ2) is 12.9. The van der Waals surface area contributed by atoms with E-state index in [1.165, 1.54) is 83.5 Å². The quantitative estimate of drug-likeness (QED) is 0.194. The zero-order valence-electron chi connectivity index (χ0n) is 37.0. The smallest absolute Gasteiger partial charge is 0.0155 e. The topological polar surface area (TPSA) is 0 Å². The van der Waals surface area contributed by atoms with Crippen molar-refractivity contribution in [3.05, 3.63) is 212 Å². The lowest BCUT2D eigenvalue weighted by molar-refractivity contribution is 0.335. The Kier molecular flexibility index (Phi) is 8.13. The van der Waals surface area contributed by atoms with Crippen LogP contribution in [0.25, 0.3) is 22.3 Å². The number of hydrogen-bond acceptors (Lipinski definition) is 0. The van der Waals surface area contributed by atoms with Gasteiger partial charge < -0.3 is 0 Å². The Balaban J connectivity index is 0.848. The fourth-order valence-corrected chi connectivity index (χ4v) is 12.9. The number of hydrogen-bond donors (Lipinski definition) is 0. The van der Waals surface area contributed by atoms with Crippen LogP contribution in [0.15, 0.2) is 157 Å². The molecule has 7 aliphatic rings. The average molecular weight is 781 g/mol. The van der Waals surface area contributed by atoms with Crippen LogP contribution in [-0.2, 0) is 21.7 Å². The molecule has 0 fully saturated rings. The maximum atomic E-state index is 4.67. The molecule has 7 aliphatic carbocycles. The summed E-state index contributed by atoms with van der Waals surface area (Å²) in [5.41, 5.74) is 24.5. The highest BCUT2D eigenvalue weighted by Gasteiger charge is 2.44. The van der Waals surface area contributed by atoms with Gasteiger partial charge in [-0.3, -0.25) is 0 Å². The molecule has 0 heterocycles. The third-order valence-corrected chi connectivity index (χ3v) is 16.4. The minimum absolute atomic E-state index is 0.0145. The minimum Gasteiger partial charge on any atom is -0.0912 e. The van der Waals surface area contributed by atoms with E-state index in [2.05, 4.69) is 196 Å². The lowest BCUT2D eigenvalue weighted by Crippen LogP contribution is -2.29. The number of rotatable bonds is 3. The van der Waals surface area contributed by atoms with E-state index < -0.39 is 0 Å². The third-order valence-electron chi connectivity index (χ3n) is 16.4. The fourth-order valence-electron chi connectivity index (χ4n) is 12.9. The van der Waals surface area contributed by atoms with Crippen LogP contribution in [0.4, 0.5) is 0 Å². The summed E-state index contributed by atoms with van der Waals surface area (Å²) >= 11 is 0. The number of allylic oxidation sites excluding steroid dienone is 15. The molecule has 4 aromatic carbocycles. The summed E-state index contributed by atoms with van der Waals surface area (Å²) in [4.78, 5) is 0. The van der Waals surface area contributed by atoms with Crippen molar-refractivity contribution >= 4 is 22.3 Å². The first-order valence-corrected chi connectivity index (χ1v) is 22.8. The number of benzene rings is 4. The van der Waals surface area contributed by atoms with Gasteiger partial charge in [-0.05, 0) is 132 Å². The molecule has 0 heteroatoms. The Morgan fingerprint density at radius 3 is 1.65 bits per heavy atom. The van der Waals surface area contributed by atoms with Gasteiger partial charge in [0.05, 0.1) is 0 Å². The summed E-state index contributed by atoms with van der Waals surface area (Å²) in [6, 6.07) is 32.9. The summed E-state index contributed by atoms with van der Waals surface area (Å²) in [6.45, 7) is 24.2. The number of fused-ring (bicyclic) bond motifs is 9. The Bertz CT molecular complexity index is 2780. The first-order valence-electron chi connectivity index (χ1n) is 22.8. The minimum atomic E-state index is -0.0149. The molecule has 0 aliphatic heterocycles. The molecule has 0 amide bonds. The van der Waals surface area contributed by atoms with E-state index in [9.17, 15) is 0 Å². The maximum Gasteiger partial charge on any atom is 0.0155 e. The Morgan fingerprint density at radius 1 is 0.517 bits per heavy atom. The van der Waals surface area contributed by atoms with Gasteiger partial charge in [0.15, 0.2) is 0 Å². The normalized spacial score (nSPS) is 27.4. The van der Waals surface area contributed by atoms with E-state index in [4.69, 9.17) is 0 Å². The molecular formula is C60H60. The van der Waals surface area contributed by atoms with Crippen LogP contribution >= 0.6 is 0 Å². The maximum absolute atomic E-state index is 4.67. The standard InChI is InChI=1S/C60H60/c1-36-18-19-42(35-57(2,3)52-30-37(20-25-43(36)52)38-21-26-46-44-14-10-12-16-50(44)58(4,5)53(46)31-38)41-24-29-49-48-28-23-40(33-55(48)60(8,9)56(49)34-41)39-22-27-47-45-15-11-13-17-51(45)59(6,7)54(47)32-39/h10-20,23-33,38-39,41-42H,1,21-22,34-35H2,2-9H3/b19-18-. The Hall–Kier alpha value is -5.20. The molecule has 0 N–H and O–H groups in total. The molecule has 0 aromatic heterocycles. The van der Waals surface area contributed by atoms with Crippen LogP contribution in [0.2, 0.25) is 0 Å². The summed E-state index contributed by atoms with van der Waals surface area (Å²) in [5, 5.41) is 0. The third kappa shape index (κ3) is 5.41. The van der Waals surface area contributed by atoms with Crippen LogP contribution in [0.1, 0.15) is 149 Å².